The van der Waals surface area contributed by atoms with Crippen molar-refractivity contribution in [2.45, 2.75) is 19.3 Å². The summed E-state index contributed by atoms with van der Waals surface area (Å²) in [6.45, 7) is 0.406. The number of carbonyl (C=O) groups excluding carboxylic acids is 1. The van der Waals surface area contributed by atoms with E-state index in [9.17, 15) is 4.79 Å². The molecule has 4 heteroatoms. The Bertz CT molecular complexity index is 396. The number of carbonyl (C=O) groups is 1. The number of anilines is 1. The highest BCUT2D eigenvalue weighted by Crippen LogP contribution is 2.41. The molecular weight excluding hydrogens is 224 g/mol. The topological polar surface area (TPSA) is 55.1 Å². The van der Waals surface area contributed by atoms with Gasteiger partial charge in [0, 0.05) is 6.54 Å². The van der Waals surface area contributed by atoms with E-state index < -0.39 is 0 Å². The molecule has 1 aromatic rings. The van der Waals surface area contributed by atoms with Gasteiger partial charge in [0.15, 0.2) is 0 Å². The zero-order valence-corrected chi connectivity index (χ0v) is 9.76. The lowest BCUT2D eigenvalue weighted by atomic mass is 9.68. The highest BCUT2D eigenvalue weighted by molar-refractivity contribution is 6.33. The van der Waals surface area contributed by atoms with Gasteiger partial charge < -0.3 is 11.1 Å². The second-order valence-electron chi connectivity index (χ2n) is 4.27. The van der Waals surface area contributed by atoms with Crippen molar-refractivity contribution in [3.05, 3.63) is 29.3 Å². The second kappa shape index (κ2) is 4.44. The molecule has 1 aliphatic rings. The summed E-state index contributed by atoms with van der Waals surface area (Å²) in [6.07, 6.45) is 2.83. The number of halogens is 1. The number of nitrogens with one attached hydrogen (secondary N) is 1. The summed E-state index contributed by atoms with van der Waals surface area (Å²) in [5.74, 6) is -0.00523. The molecule has 0 heterocycles. The van der Waals surface area contributed by atoms with Crippen LogP contribution >= 0.6 is 11.6 Å². The molecule has 86 valence electrons. The summed E-state index contributed by atoms with van der Waals surface area (Å²) in [5.41, 5.74) is 5.97. The molecule has 0 unspecified atom stereocenters. The van der Waals surface area contributed by atoms with Gasteiger partial charge in [-0.2, -0.15) is 0 Å². The van der Waals surface area contributed by atoms with Crippen LogP contribution in [-0.2, 0) is 4.79 Å². The molecule has 0 saturated heterocycles. The SMILES string of the molecule is NCC1(C(=O)Nc2ccccc2Cl)CCC1. The van der Waals surface area contributed by atoms with E-state index >= 15 is 0 Å². The number of hydrogen-bond acceptors (Lipinski definition) is 2. The maximum Gasteiger partial charge on any atom is 0.231 e. The maximum atomic E-state index is 12.1. The molecule has 1 aliphatic carbocycles. The van der Waals surface area contributed by atoms with E-state index in [0.29, 0.717) is 17.3 Å². The van der Waals surface area contributed by atoms with E-state index in [2.05, 4.69) is 5.32 Å². The molecule has 0 bridgehead atoms. The van der Waals surface area contributed by atoms with Crippen LogP contribution in [0.2, 0.25) is 5.02 Å². The van der Waals surface area contributed by atoms with Crippen LogP contribution in [0.5, 0.6) is 0 Å². The van der Waals surface area contributed by atoms with E-state index in [0.717, 1.165) is 19.3 Å². The Morgan fingerprint density at radius 1 is 1.44 bits per heavy atom. The third-order valence-electron chi connectivity index (χ3n) is 3.31. The number of rotatable bonds is 3. The Morgan fingerprint density at radius 3 is 2.62 bits per heavy atom. The van der Waals surface area contributed by atoms with Gasteiger partial charge in [0.2, 0.25) is 5.91 Å². The minimum Gasteiger partial charge on any atom is -0.329 e. The molecule has 0 aliphatic heterocycles. The lowest BCUT2D eigenvalue weighted by Gasteiger charge is -2.39. The first kappa shape index (κ1) is 11.4. The minimum atomic E-state index is -0.362. The van der Waals surface area contributed by atoms with Crippen LogP contribution in [0.1, 0.15) is 19.3 Å². The van der Waals surface area contributed by atoms with Crippen molar-refractivity contribution < 1.29 is 4.79 Å². The molecule has 0 radical (unpaired) electrons. The quantitative estimate of drug-likeness (QED) is 0.850. The molecule has 3 N–H and O–H groups in total. The Hall–Kier alpha value is -1.06. The summed E-state index contributed by atoms with van der Waals surface area (Å²) < 4.78 is 0. The largest absolute Gasteiger partial charge is 0.329 e. The van der Waals surface area contributed by atoms with Crippen molar-refractivity contribution in [3.63, 3.8) is 0 Å². The summed E-state index contributed by atoms with van der Waals surface area (Å²) in [6, 6.07) is 7.23. The molecule has 2 rings (SSSR count). The lowest BCUT2D eigenvalue weighted by Crippen LogP contribution is -2.47. The predicted octanol–water partition coefficient (Wildman–Crippen LogP) is 2.41. The predicted molar refractivity (Wildman–Crippen MR) is 65.4 cm³/mol. The smallest absolute Gasteiger partial charge is 0.231 e. The average Bonchev–Trinajstić information content (AvgIpc) is 2.21. The van der Waals surface area contributed by atoms with Gasteiger partial charge in [-0.1, -0.05) is 30.2 Å². The number of benzene rings is 1. The fourth-order valence-electron chi connectivity index (χ4n) is 1.94. The number of hydrogen-bond donors (Lipinski definition) is 2. The van der Waals surface area contributed by atoms with Crippen molar-refractivity contribution in [1.82, 2.24) is 0 Å². The summed E-state index contributed by atoms with van der Waals surface area (Å²) in [5, 5.41) is 3.41. The van der Waals surface area contributed by atoms with Crippen molar-refractivity contribution in [1.29, 1.82) is 0 Å². The molecule has 1 saturated carbocycles. The number of nitrogens with two attached hydrogens (primary N) is 1. The standard InChI is InChI=1S/C12H15ClN2O/c13-9-4-1-2-5-10(9)15-11(16)12(8-14)6-3-7-12/h1-2,4-5H,3,6-8,14H2,(H,15,16). The van der Waals surface area contributed by atoms with Gasteiger partial charge in [-0.25, -0.2) is 0 Å². The van der Waals surface area contributed by atoms with Crippen LogP contribution < -0.4 is 11.1 Å². The van der Waals surface area contributed by atoms with Crippen molar-refractivity contribution in [3.8, 4) is 0 Å². The fourth-order valence-corrected chi connectivity index (χ4v) is 2.13. The molecule has 1 fully saturated rings. The van der Waals surface area contributed by atoms with Crippen LogP contribution in [0, 0.1) is 5.41 Å². The molecule has 1 aromatic carbocycles. The van der Waals surface area contributed by atoms with Gasteiger partial charge in [0.05, 0.1) is 16.1 Å². The van der Waals surface area contributed by atoms with E-state index in [1.165, 1.54) is 0 Å². The van der Waals surface area contributed by atoms with Crippen LogP contribution in [0.25, 0.3) is 0 Å². The van der Waals surface area contributed by atoms with E-state index in [-0.39, 0.29) is 11.3 Å². The van der Waals surface area contributed by atoms with E-state index in [1.807, 2.05) is 12.1 Å². The third kappa shape index (κ3) is 1.93. The molecule has 0 spiro atoms. The second-order valence-corrected chi connectivity index (χ2v) is 4.68. The lowest BCUT2D eigenvalue weighted by molar-refractivity contribution is -0.129. The Morgan fingerprint density at radius 2 is 2.12 bits per heavy atom. The Kier molecular flexibility index (Phi) is 3.17. The maximum absolute atomic E-state index is 12.1. The highest BCUT2D eigenvalue weighted by Gasteiger charge is 2.42. The van der Waals surface area contributed by atoms with Gasteiger partial charge in [0.25, 0.3) is 0 Å². The summed E-state index contributed by atoms with van der Waals surface area (Å²) in [7, 11) is 0. The molecule has 3 nitrogen and oxygen atoms in total. The van der Waals surface area contributed by atoms with Crippen molar-refractivity contribution >= 4 is 23.2 Å². The first-order valence-corrected chi connectivity index (χ1v) is 5.82. The van der Waals surface area contributed by atoms with Gasteiger partial charge in [0.1, 0.15) is 0 Å². The molecule has 16 heavy (non-hydrogen) atoms. The zero-order valence-electron chi connectivity index (χ0n) is 9.00. The molecular formula is C12H15ClN2O. The normalized spacial score (nSPS) is 17.6. The molecule has 0 atom stereocenters. The molecule has 0 aromatic heterocycles. The first-order valence-electron chi connectivity index (χ1n) is 5.44. The van der Waals surface area contributed by atoms with Gasteiger partial charge >= 0.3 is 0 Å². The monoisotopic (exact) mass is 238 g/mol. The fraction of sp³-hybridized carbons (Fsp3) is 0.417. The minimum absolute atomic E-state index is 0.00523. The Labute approximate surface area is 100.0 Å². The van der Waals surface area contributed by atoms with E-state index in [4.69, 9.17) is 17.3 Å². The van der Waals surface area contributed by atoms with Gasteiger partial charge in [-0.05, 0) is 25.0 Å². The van der Waals surface area contributed by atoms with Gasteiger partial charge in [-0.15, -0.1) is 0 Å². The van der Waals surface area contributed by atoms with Crippen LogP contribution in [0.3, 0.4) is 0 Å². The van der Waals surface area contributed by atoms with Crippen LogP contribution in [0.4, 0.5) is 5.69 Å². The van der Waals surface area contributed by atoms with Crippen molar-refractivity contribution in [2.75, 3.05) is 11.9 Å². The highest BCUT2D eigenvalue weighted by atomic mass is 35.5. The first-order chi connectivity index (χ1) is 7.68. The number of para-hydroxylation sites is 1. The third-order valence-corrected chi connectivity index (χ3v) is 3.63. The number of amides is 1. The van der Waals surface area contributed by atoms with E-state index in [1.54, 1.807) is 12.1 Å². The zero-order chi connectivity index (χ0) is 11.6. The summed E-state index contributed by atoms with van der Waals surface area (Å²) >= 11 is 5.98. The Balaban J connectivity index is 2.10. The molecule has 1 amide bonds. The summed E-state index contributed by atoms with van der Waals surface area (Å²) in [4.78, 5) is 12.1. The van der Waals surface area contributed by atoms with Crippen molar-refractivity contribution in [2.24, 2.45) is 11.1 Å². The van der Waals surface area contributed by atoms with Crippen LogP contribution in [-0.4, -0.2) is 12.5 Å². The van der Waals surface area contributed by atoms with Gasteiger partial charge in [-0.3, -0.25) is 4.79 Å². The average molecular weight is 239 g/mol. The van der Waals surface area contributed by atoms with Crippen LogP contribution in [0.15, 0.2) is 24.3 Å².